The number of esters is 1. The minimum Gasteiger partial charge on any atom is -0.493 e. The summed E-state index contributed by atoms with van der Waals surface area (Å²) in [5, 5.41) is 3.55. The molecule has 0 saturated carbocycles. The van der Waals surface area contributed by atoms with E-state index in [-0.39, 0.29) is 11.9 Å². The summed E-state index contributed by atoms with van der Waals surface area (Å²) in [6, 6.07) is 7.24. The SMILES string of the molecule is CCCCCOc1ccccc1C(=O)Nc1sc2c(c1C(=O)OCC)CCCC2. The highest BCUT2D eigenvalue weighted by atomic mass is 32.1. The van der Waals surface area contributed by atoms with Crippen LogP contribution in [0.25, 0.3) is 0 Å². The lowest BCUT2D eigenvalue weighted by atomic mass is 9.95. The van der Waals surface area contributed by atoms with Gasteiger partial charge in [0.05, 0.1) is 24.3 Å². The fourth-order valence-electron chi connectivity index (χ4n) is 3.56. The van der Waals surface area contributed by atoms with Crippen LogP contribution in [0.2, 0.25) is 0 Å². The van der Waals surface area contributed by atoms with Crippen LogP contribution >= 0.6 is 11.3 Å². The van der Waals surface area contributed by atoms with Gasteiger partial charge in [-0.05, 0) is 56.7 Å². The summed E-state index contributed by atoms with van der Waals surface area (Å²) in [4.78, 5) is 26.8. The van der Waals surface area contributed by atoms with Crippen molar-refractivity contribution in [3.8, 4) is 5.75 Å². The van der Waals surface area contributed by atoms with Gasteiger partial charge in [-0.2, -0.15) is 0 Å². The molecule has 1 aliphatic rings. The zero-order valence-electron chi connectivity index (χ0n) is 17.2. The molecule has 0 bridgehead atoms. The van der Waals surface area contributed by atoms with E-state index in [1.165, 1.54) is 16.2 Å². The summed E-state index contributed by atoms with van der Waals surface area (Å²) < 4.78 is 11.1. The highest BCUT2D eigenvalue weighted by molar-refractivity contribution is 7.17. The maximum absolute atomic E-state index is 13.0. The molecule has 1 heterocycles. The standard InChI is InChI=1S/C23H29NO4S/c1-3-5-10-15-28-18-13-8-6-11-16(18)21(25)24-22-20(23(26)27-4-2)17-12-7-9-14-19(17)29-22/h6,8,11,13H,3-5,7,9-10,12,14-15H2,1-2H3,(H,24,25). The maximum Gasteiger partial charge on any atom is 0.341 e. The van der Waals surface area contributed by atoms with Gasteiger partial charge in [0.15, 0.2) is 0 Å². The Kier molecular flexibility index (Phi) is 7.69. The van der Waals surface area contributed by atoms with Crippen molar-refractivity contribution in [1.29, 1.82) is 0 Å². The lowest BCUT2D eigenvalue weighted by molar-refractivity contribution is 0.0526. The smallest absolute Gasteiger partial charge is 0.341 e. The van der Waals surface area contributed by atoms with Crippen LogP contribution in [0.5, 0.6) is 5.75 Å². The Hall–Kier alpha value is -2.34. The molecule has 0 radical (unpaired) electrons. The number of hydrogen-bond acceptors (Lipinski definition) is 5. The first-order valence-electron chi connectivity index (χ1n) is 10.5. The molecule has 0 unspecified atom stereocenters. The van der Waals surface area contributed by atoms with Crippen molar-refractivity contribution in [2.45, 2.75) is 58.8 Å². The van der Waals surface area contributed by atoms with Gasteiger partial charge in [-0.15, -0.1) is 11.3 Å². The van der Waals surface area contributed by atoms with Crippen LogP contribution in [0.3, 0.4) is 0 Å². The average molecular weight is 416 g/mol. The normalized spacial score (nSPS) is 12.9. The number of carbonyl (C=O) groups is 2. The summed E-state index contributed by atoms with van der Waals surface area (Å²) in [7, 11) is 0. The molecule has 0 saturated heterocycles. The first-order chi connectivity index (χ1) is 14.2. The van der Waals surface area contributed by atoms with E-state index >= 15 is 0 Å². The minimum absolute atomic E-state index is 0.264. The first-order valence-corrected chi connectivity index (χ1v) is 11.3. The largest absolute Gasteiger partial charge is 0.493 e. The highest BCUT2D eigenvalue weighted by Crippen LogP contribution is 2.39. The van der Waals surface area contributed by atoms with Crippen molar-refractivity contribution in [1.82, 2.24) is 0 Å². The monoisotopic (exact) mass is 415 g/mol. The zero-order valence-corrected chi connectivity index (χ0v) is 18.0. The Morgan fingerprint density at radius 1 is 1.10 bits per heavy atom. The average Bonchev–Trinajstić information content (AvgIpc) is 3.09. The second-order valence-electron chi connectivity index (χ2n) is 7.14. The summed E-state index contributed by atoms with van der Waals surface area (Å²) >= 11 is 1.50. The Morgan fingerprint density at radius 3 is 2.69 bits per heavy atom. The van der Waals surface area contributed by atoms with Gasteiger partial charge in [0.1, 0.15) is 10.8 Å². The number of nitrogens with one attached hydrogen (secondary N) is 1. The molecule has 0 fully saturated rings. The van der Waals surface area contributed by atoms with E-state index in [1.54, 1.807) is 13.0 Å². The Morgan fingerprint density at radius 2 is 1.90 bits per heavy atom. The van der Waals surface area contributed by atoms with Gasteiger partial charge in [-0.1, -0.05) is 31.9 Å². The molecule has 0 aliphatic heterocycles. The van der Waals surface area contributed by atoms with Gasteiger partial charge in [-0.25, -0.2) is 4.79 Å². The lowest BCUT2D eigenvalue weighted by Gasteiger charge is -2.13. The fraction of sp³-hybridized carbons (Fsp3) is 0.478. The first kappa shape index (κ1) is 21.4. The van der Waals surface area contributed by atoms with Crippen LogP contribution in [0.15, 0.2) is 24.3 Å². The maximum atomic E-state index is 13.0. The van der Waals surface area contributed by atoms with E-state index in [9.17, 15) is 9.59 Å². The highest BCUT2D eigenvalue weighted by Gasteiger charge is 2.27. The number of thiophene rings is 1. The summed E-state index contributed by atoms with van der Waals surface area (Å²) in [6.45, 7) is 4.83. The third-order valence-electron chi connectivity index (χ3n) is 5.02. The van der Waals surface area contributed by atoms with Gasteiger partial charge in [0.2, 0.25) is 0 Å². The quantitative estimate of drug-likeness (QED) is 0.426. The fourth-order valence-corrected chi connectivity index (χ4v) is 4.83. The number of para-hydroxylation sites is 1. The Labute approximate surface area is 176 Å². The second kappa shape index (κ2) is 10.4. The predicted octanol–water partition coefficient (Wildman–Crippen LogP) is 5.62. The second-order valence-corrected chi connectivity index (χ2v) is 8.25. The number of aryl methyl sites for hydroxylation is 1. The lowest BCUT2D eigenvalue weighted by Crippen LogP contribution is -2.16. The van der Waals surface area contributed by atoms with Crippen LogP contribution < -0.4 is 10.1 Å². The van der Waals surface area contributed by atoms with E-state index < -0.39 is 0 Å². The van der Waals surface area contributed by atoms with Crippen molar-refractivity contribution >= 4 is 28.2 Å². The number of ether oxygens (including phenoxy) is 2. The molecule has 1 aromatic carbocycles. The van der Waals surface area contributed by atoms with Gasteiger partial charge in [0.25, 0.3) is 5.91 Å². The Bertz CT molecular complexity index is 859. The van der Waals surface area contributed by atoms with Gasteiger partial charge >= 0.3 is 5.97 Å². The molecule has 1 N–H and O–H groups in total. The molecule has 156 valence electrons. The van der Waals surface area contributed by atoms with E-state index in [0.717, 1.165) is 50.5 Å². The van der Waals surface area contributed by atoms with Crippen LogP contribution in [0.1, 0.15) is 77.1 Å². The summed E-state index contributed by atoms with van der Waals surface area (Å²) in [5.74, 6) is -0.0494. The van der Waals surface area contributed by atoms with E-state index in [2.05, 4.69) is 12.2 Å². The molecule has 6 heteroatoms. The molecule has 0 atom stereocenters. The minimum atomic E-state index is -0.355. The van der Waals surface area contributed by atoms with Crippen molar-refractivity contribution in [3.63, 3.8) is 0 Å². The van der Waals surface area contributed by atoms with Crippen molar-refractivity contribution in [3.05, 3.63) is 45.8 Å². The van der Waals surface area contributed by atoms with E-state index in [1.807, 2.05) is 18.2 Å². The molecule has 1 aliphatic carbocycles. The van der Waals surface area contributed by atoms with Crippen LogP contribution in [0.4, 0.5) is 5.00 Å². The molecule has 0 spiro atoms. The van der Waals surface area contributed by atoms with Crippen molar-refractivity contribution in [2.75, 3.05) is 18.5 Å². The number of fused-ring (bicyclic) bond motifs is 1. The van der Waals surface area contributed by atoms with Gasteiger partial charge in [0, 0.05) is 4.88 Å². The van der Waals surface area contributed by atoms with Gasteiger partial charge in [-0.3, -0.25) is 4.79 Å². The van der Waals surface area contributed by atoms with Crippen LogP contribution in [-0.4, -0.2) is 25.1 Å². The molecule has 2 aromatic rings. The number of carbonyl (C=O) groups excluding carboxylic acids is 2. The third kappa shape index (κ3) is 5.18. The molecule has 5 nitrogen and oxygen atoms in total. The summed E-state index contributed by atoms with van der Waals surface area (Å²) in [6.07, 6.45) is 7.13. The van der Waals surface area contributed by atoms with Crippen LogP contribution in [0, 0.1) is 0 Å². The molecule has 1 aromatic heterocycles. The number of benzene rings is 1. The van der Waals surface area contributed by atoms with Crippen molar-refractivity contribution < 1.29 is 19.1 Å². The molecule has 3 rings (SSSR count). The van der Waals surface area contributed by atoms with E-state index in [4.69, 9.17) is 9.47 Å². The number of amides is 1. The number of anilines is 1. The van der Waals surface area contributed by atoms with Crippen LogP contribution in [-0.2, 0) is 17.6 Å². The number of unbranched alkanes of at least 4 members (excludes halogenated alkanes) is 2. The van der Waals surface area contributed by atoms with Crippen molar-refractivity contribution in [2.24, 2.45) is 0 Å². The Balaban J connectivity index is 1.82. The van der Waals surface area contributed by atoms with E-state index in [0.29, 0.717) is 35.1 Å². The molecule has 1 amide bonds. The molecule has 29 heavy (non-hydrogen) atoms. The topological polar surface area (TPSA) is 64.6 Å². The summed E-state index contributed by atoms with van der Waals surface area (Å²) in [5.41, 5.74) is 2.05. The third-order valence-corrected chi connectivity index (χ3v) is 6.22. The van der Waals surface area contributed by atoms with Gasteiger partial charge < -0.3 is 14.8 Å². The zero-order chi connectivity index (χ0) is 20.6. The predicted molar refractivity (Wildman–Crippen MR) is 116 cm³/mol. The number of rotatable bonds is 9. The molecular weight excluding hydrogens is 386 g/mol. The molecular formula is C23H29NO4S. The number of hydrogen-bond donors (Lipinski definition) is 1.